The lowest BCUT2D eigenvalue weighted by atomic mass is 10.1. The molecule has 0 saturated heterocycles. The van der Waals surface area contributed by atoms with Gasteiger partial charge in [-0.25, -0.2) is 0 Å². The van der Waals surface area contributed by atoms with Crippen LogP contribution in [0.15, 0.2) is 42.5 Å². The van der Waals surface area contributed by atoms with Crippen LogP contribution in [0, 0.1) is 13.8 Å². The average Bonchev–Trinajstić information content (AvgIpc) is 2.72. The van der Waals surface area contributed by atoms with Crippen molar-refractivity contribution < 1.29 is 23.8 Å². The molecule has 0 aliphatic carbocycles. The Kier molecular flexibility index (Phi) is 9.04. The summed E-state index contributed by atoms with van der Waals surface area (Å²) in [5.74, 6) is 0.147. The molecule has 2 aromatic carbocycles. The molecule has 3 N–H and O–H groups in total. The van der Waals surface area contributed by atoms with Gasteiger partial charge in [0.15, 0.2) is 11.7 Å². The number of thiocarbonyl (C=S) groups is 1. The van der Waals surface area contributed by atoms with Crippen LogP contribution in [0.1, 0.15) is 21.5 Å². The molecule has 0 bridgehead atoms. The second-order valence-corrected chi connectivity index (χ2v) is 6.71. The molecular weight excluding hydrogens is 406 g/mol. The monoisotopic (exact) mass is 431 g/mol. The van der Waals surface area contributed by atoms with Crippen molar-refractivity contribution in [2.75, 3.05) is 26.9 Å². The van der Waals surface area contributed by atoms with Gasteiger partial charge in [-0.05, 0) is 49.3 Å². The average molecular weight is 432 g/mol. The summed E-state index contributed by atoms with van der Waals surface area (Å²) in [4.78, 5) is 24.4. The van der Waals surface area contributed by atoms with E-state index in [1.54, 1.807) is 31.4 Å². The van der Waals surface area contributed by atoms with E-state index in [4.69, 9.17) is 26.4 Å². The Bertz CT molecular complexity index is 884. The molecule has 0 unspecified atom stereocenters. The van der Waals surface area contributed by atoms with Gasteiger partial charge in [0.2, 0.25) is 0 Å². The number of rotatable bonds is 8. The fourth-order valence-corrected chi connectivity index (χ4v) is 2.69. The summed E-state index contributed by atoms with van der Waals surface area (Å²) in [5.41, 5.74) is 7.04. The van der Waals surface area contributed by atoms with Crippen LogP contribution in [0.3, 0.4) is 0 Å². The van der Waals surface area contributed by atoms with Crippen LogP contribution in [0.2, 0.25) is 0 Å². The summed E-state index contributed by atoms with van der Waals surface area (Å²) in [7, 11) is 1.56. The maximum absolute atomic E-state index is 12.5. The SMILES string of the molecule is COCCOc1ccccc1C(=O)NC(=S)NNC(=O)COc1c(C)cccc1C. The lowest BCUT2D eigenvalue weighted by Crippen LogP contribution is -2.49. The van der Waals surface area contributed by atoms with Crippen LogP contribution in [-0.2, 0) is 9.53 Å². The molecule has 0 atom stereocenters. The van der Waals surface area contributed by atoms with Gasteiger partial charge in [0.05, 0.1) is 12.2 Å². The molecule has 160 valence electrons. The van der Waals surface area contributed by atoms with Crippen LogP contribution in [0.5, 0.6) is 11.5 Å². The Balaban J connectivity index is 1.81. The van der Waals surface area contributed by atoms with Gasteiger partial charge in [-0.3, -0.25) is 25.8 Å². The maximum Gasteiger partial charge on any atom is 0.276 e. The van der Waals surface area contributed by atoms with Crippen molar-refractivity contribution in [1.82, 2.24) is 16.2 Å². The highest BCUT2D eigenvalue weighted by atomic mass is 32.1. The third-order valence-corrected chi connectivity index (χ3v) is 4.18. The normalized spacial score (nSPS) is 10.1. The number of carbonyl (C=O) groups excluding carboxylic acids is 2. The molecule has 30 heavy (non-hydrogen) atoms. The number of methoxy groups -OCH3 is 1. The van der Waals surface area contributed by atoms with E-state index in [1.807, 2.05) is 32.0 Å². The zero-order valence-corrected chi connectivity index (χ0v) is 17.9. The lowest BCUT2D eigenvalue weighted by molar-refractivity contribution is -0.123. The van der Waals surface area contributed by atoms with Crippen molar-refractivity contribution >= 4 is 29.1 Å². The predicted molar refractivity (Wildman–Crippen MR) is 117 cm³/mol. The van der Waals surface area contributed by atoms with Crippen LogP contribution in [-0.4, -0.2) is 43.9 Å². The van der Waals surface area contributed by atoms with Crippen molar-refractivity contribution in [3.8, 4) is 11.5 Å². The quantitative estimate of drug-likeness (QED) is 0.334. The Labute approximate surface area is 180 Å². The largest absolute Gasteiger partial charge is 0.490 e. The lowest BCUT2D eigenvalue weighted by Gasteiger charge is -2.14. The summed E-state index contributed by atoms with van der Waals surface area (Å²) in [6.07, 6.45) is 0. The first-order valence-corrected chi connectivity index (χ1v) is 9.63. The molecule has 2 rings (SSSR count). The third kappa shape index (κ3) is 7.02. The fraction of sp³-hybridized carbons (Fsp3) is 0.286. The number of carbonyl (C=O) groups is 2. The zero-order chi connectivity index (χ0) is 21.9. The predicted octanol–water partition coefficient (Wildman–Crippen LogP) is 2.04. The number of amides is 2. The Morgan fingerprint density at radius 3 is 2.33 bits per heavy atom. The number of para-hydroxylation sites is 2. The first kappa shape index (κ1) is 23.1. The van der Waals surface area contributed by atoms with E-state index in [-0.39, 0.29) is 11.7 Å². The number of aryl methyl sites for hydroxylation is 2. The number of hydrogen-bond acceptors (Lipinski definition) is 6. The number of nitrogens with one attached hydrogen (secondary N) is 3. The molecule has 0 aromatic heterocycles. The molecule has 0 aliphatic rings. The van der Waals surface area contributed by atoms with E-state index in [0.717, 1.165) is 11.1 Å². The minimum Gasteiger partial charge on any atom is -0.490 e. The summed E-state index contributed by atoms with van der Waals surface area (Å²) >= 11 is 5.06. The number of ether oxygens (including phenoxy) is 3. The van der Waals surface area contributed by atoms with Gasteiger partial charge in [0.25, 0.3) is 11.8 Å². The molecule has 9 heteroatoms. The smallest absolute Gasteiger partial charge is 0.276 e. The van der Waals surface area contributed by atoms with Crippen LogP contribution in [0.25, 0.3) is 0 Å². The van der Waals surface area contributed by atoms with E-state index in [1.165, 1.54) is 0 Å². The van der Waals surface area contributed by atoms with Crippen molar-refractivity contribution in [2.24, 2.45) is 0 Å². The number of benzene rings is 2. The highest BCUT2D eigenvalue weighted by Gasteiger charge is 2.14. The molecule has 2 aromatic rings. The molecule has 0 spiro atoms. The van der Waals surface area contributed by atoms with E-state index >= 15 is 0 Å². The van der Waals surface area contributed by atoms with Crippen LogP contribution < -0.4 is 25.6 Å². The molecule has 0 heterocycles. The summed E-state index contributed by atoms with van der Waals surface area (Å²) in [5, 5.41) is 2.43. The van der Waals surface area contributed by atoms with Gasteiger partial charge in [0, 0.05) is 7.11 Å². The number of hydrogen-bond donors (Lipinski definition) is 3. The molecule has 8 nitrogen and oxygen atoms in total. The van der Waals surface area contributed by atoms with Gasteiger partial charge in [-0.15, -0.1) is 0 Å². The summed E-state index contributed by atoms with van der Waals surface area (Å²) in [6.45, 7) is 4.30. The molecule has 0 saturated carbocycles. The van der Waals surface area contributed by atoms with E-state index < -0.39 is 11.8 Å². The Hall–Kier alpha value is -3.17. The van der Waals surface area contributed by atoms with Gasteiger partial charge < -0.3 is 14.2 Å². The van der Waals surface area contributed by atoms with Gasteiger partial charge in [-0.2, -0.15) is 0 Å². The Morgan fingerprint density at radius 2 is 1.63 bits per heavy atom. The van der Waals surface area contributed by atoms with Gasteiger partial charge in [0.1, 0.15) is 18.1 Å². The summed E-state index contributed by atoms with van der Waals surface area (Å²) < 4.78 is 16.0. The second-order valence-electron chi connectivity index (χ2n) is 6.30. The summed E-state index contributed by atoms with van der Waals surface area (Å²) in [6, 6.07) is 12.5. The minimum atomic E-state index is -0.471. The van der Waals surface area contributed by atoms with E-state index in [9.17, 15) is 9.59 Å². The molecule has 2 amide bonds. The molecular formula is C21H25N3O5S. The highest BCUT2D eigenvalue weighted by molar-refractivity contribution is 7.80. The van der Waals surface area contributed by atoms with E-state index in [0.29, 0.717) is 30.3 Å². The maximum atomic E-state index is 12.5. The molecule has 0 radical (unpaired) electrons. The standard InChI is InChI=1S/C21H25N3O5S/c1-14-7-6-8-15(2)19(14)29-13-18(25)23-24-21(30)22-20(26)16-9-4-5-10-17(16)28-12-11-27-3/h4-10H,11-13H2,1-3H3,(H,23,25)(H2,22,24,26,30). The Morgan fingerprint density at radius 1 is 0.933 bits per heavy atom. The van der Waals surface area contributed by atoms with Crippen molar-refractivity contribution in [3.63, 3.8) is 0 Å². The molecule has 0 aliphatic heterocycles. The van der Waals surface area contributed by atoms with Gasteiger partial charge >= 0.3 is 0 Å². The van der Waals surface area contributed by atoms with Crippen molar-refractivity contribution in [3.05, 3.63) is 59.2 Å². The topological polar surface area (TPSA) is 97.9 Å². The fourth-order valence-electron chi connectivity index (χ4n) is 2.54. The highest BCUT2D eigenvalue weighted by Crippen LogP contribution is 2.22. The van der Waals surface area contributed by atoms with Crippen molar-refractivity contribution in [1.29, 1.82) is 0 Å². The van der Waals surface area contributed by atoms with E-state index in [2.05, 4.69) is 16.2 Å². The zero-order valence-electron chi connectivity index (χ0n) is 17.1. The first-order chi connectivity index (χ1) is 14.4. The van der Waals surface area contributed by atoms with Crippen LogP contribution in [0.4, 0.5) is 0 Å². The van der Waals surface area contributed by atoms with Gasteiger partial charge in [-0.1, -0.05) is 30.3 Å². The number of hydrazine groups is 1. The van der Waals surface area contributed by atoms with Crippen molar-refractivity contribution in [2.45, 2.75) is 13.8 Å². The minimum absolute atomic E-state index is 0.0629. The van der Waals surface area contributed by atoms with Crippen LogP contribution >= 0.6 is 12.2 Å². The molecule has 0 fully saturated rings. The first-order valence-electron chi connectivity index (χ1n) is 9.22. The third-order valence-electron chi connectivity index (χ3n) is 3.98. The second kappa shape index (κ2) is 11.7.